The van der Waals surface area contributed by atoms with Crippen LogP contribution in [0.1, 0.15) is 42.3 Å². The first-order valence-electron chi connectivity index (χ1n) is 10.9. The molecular weight excluding hydrogens is 442 g/mol. The number of hydrogen-bond donors (Lipinski definition) is 0. The van der Waals surface area contributed by atoms with Gasteiger partial charge in [-0.05, 0) is 68.4 Å². The summed E-state index contributed by atoms with van der Waals surface area (Å²) in [5.41, 5.74) is 3.57. The van der Waals surface area contributed by atoms with Gasteiger partial charge in [0.05, 0.1) is 20.9 Å². The summed E-state index contributed by atoms with van der Waals surface area (Å²) in [5, 5.41) is 0.630. The molecule has 0 N–H and O–H groups in total. The van der Waals surface area contributed by atoms with Crippen LogP contribution >= 0.6 is 11.3 Å². The molecule has 0 aliphatic rings. The molecule has 3 rings (SSSR count). The van der Waals surface area contributed by atoms with E-state index in [-0.39, 0.29) is 16.6 Å². The lowest BCUT2D eigenvalue weighted by molar-refractivity contribution is 0.0983. The Balaban J connectivity index is 2.03. The molecule has 1 amide bonds. The maximum atomic E-state index is 13.6. The Morgan fingerprint density at radius 2 is 1.69 bits per heavy atom. The fourth-order valence-corrected chi connectivity index (χ4v) is 5.49. The molecule has 0 radical (unpaired) electrons. The molecule has 0 bridgehead atoms. The Labute approximate surface area is 194 Å². The molecule has 0 fully saturated rings. The maximum absolute atomic E-state index is 13.6. The summed E-state index contributed by atoms with van der Waals surface area (Å²) in [5.74, 6) is -0.245. The Morgan fingerprint density at radius 1 is 1.00 bits per heavy atom. The van der Waals surface area contributed by atoms with Gasteiger partial charge in [0.1, 0.15) is 0 Å². The van der Waals surface area contributed by atoms with Gasteiger partial charge in [0.15, 0.2) is 15.0 Å². The third-order valence-corrected chi connectivity index (χ3v) is 8.60. The molecule has 8 heteroatoms. The van der Waals surface area contributed by atoms with Crippen molar-refractivity contribution >= 4 is 42.4 Å². The lowest BCUT2D eigenvalue weighted by atomic mass is 10.1. The predicted molar refractivity (Wildman–Crippen MR) is 133 cm³/mol. The molecule has 0 saturated heterocycles. The zero-order chi connectivity index (χ0) is 23.5. The van der Waals surface area contributed by atoms with Crippen LogP contribution in [0.15, 0.2) is 41.3 Å². The molecule has 2 aromatic carbocycles. The van der Waals surface area contributed by atoms with Gasteiger partial charge >= 0.3 is 0 Å². The highest BCUT2D eigenvalue weighted by Crippen LogP contribution is 2.31. The minimum Gasteiger partial charge on any atom is -0.302 e. The van der Waals surface area contributed by atoms with Crippen molar-refractivity contribution in [1.29, 1.82) is 0 Å². The topological polar surface area (TPSA) is 70.6 Å². The second-order valence-corrected chi connectivity index (χ2v) is 11.1. The van der Waals surface area contributed by atoms with Crippen LogP contribution in [0.25, 0.3) is 10.2 Å². The van der Waals surface area contributed by atoms with Crippen LogP contribution < -0.4 is 4.90 Å². The zero-order valence-corrected chi connectivity index (χ0v) is 21.0. The van der Waals surface area contributed by atoms with Gasteiger partial charge in [-0.2, -0.15) is 0 Å². The molecule has 3 aromatic rings. The summed E-state index contributed by atoms with van der Waals surface area (Å²) in [6.45, 7) is 12.9. The van der Waals surface area contributed by atoms with Crippen LogP contribution in [0.2, 0.25) is 0 Å². The minimum absolute atomic E-state index is 0.00705. The Kier molecular flexibility index (Phi) is 7.69. The number of thiazole rings is 1. The van der Waals surface area contributed by atoms with E-state index in [1.807, 2.05) is 6.07 Å². The van der Waals surface area contributed by atoms with E-state index in [9.17, 15) is 13.2 Å². The molecule has 1 heterocycles. The van der Waals surface area contributed by atoms with E-state index >= 15 is 0 Å². The molecule has 0 spiro atoms. The molecule has 0 aliphatic heterocycles. The molecular formula is C24H31N3O3S2. The van der Waals surface area contributed by atoms with Gasteiger partial charge in [-0.3, -0.25) is 9.69 Å². The number of anilines is 1. The normalized spacial score (nSPS) is 11.9. The maximum Gasteiger partial charge on any atom is 0.260 e. The molecule has 0 unspecified atom stereocenters. The van der Waals surface area contributed by atoms with Crippen LogP contribution in [0.3, 0.4) is 0 Å². The first kappa shape index (κ1) is 24.4. The second-order valence-electron chi connectivity index (χ2n) is 7.82. The molecule has 6 nitrogen and oxygen atoms in total. The number of hydrogen-bond acceptors (Lipinski definition) is 6. The highest BCUT2D eigenvalue weighted by molar-refractivity contribution is 7.91. The van der Waals surface area contributed by atoms with Crippen molar-refractivity contribution in [2.45, 2.75) is 39.5 Å². The monoisotopic (exact) mass is 473 g/mol. The summed E-state index contributed by atoms with van der Waals surface area (Å²) in [6.07, 6.45) is 0. The number of aromatic nitrogens is 1. The fraction of sp³-hybridized carbons (Fsp3) is 0.417. The number of fused-ring (bicyclic) bond motifs is 1. The molecule has 172 valence electrons. The van der Waals surface area contributed by atoms with Crippen LogP contribution in [-0.4, -0.2) is 56.1 Å². The fourth-order valence-electron chi connectivity index (χ4n) is 3.49. The molecule has 1 aromatic heterocycles. The Morgan fingerprint density at radius 3 is 2.34 bits per heavy atom. The zero-order valence-electron chi connectivity index (χ0n) is 19.4. The molecule has 32 heavy (non-hydrogen) atoms. The molecule has 0 aliphatic carbocycles. The Hall–Kier alpha value is -2.29. The van der Waals surface area contributed by atoms with Crippen LogP contribution in [0, 0.1) is 13.8 Å². The Bertz CT molecular complexity index is 1180. The van der Waals surface area contributed by atoms with Crippen molar-refractivity contribution in [3.63, 3.8) is 0 Å². The predicted octanol–water partition coefficient (Wildman–Crippen LogP) is 4.70. The second kappa shape index (κ2) is 10.1. The van der Waals surface area contributed by atoms with Crippen LogP contribution in [0.5, 0.6) is 0 Å². The lowest BCUT2D eigenvalue weighted by Crippen LogP contribution is -2.39. The van der Waals surface area contributed by atoms with E-state index in [1.54, 1.807) is 30.0 Å². The van der Waals surface area contributed by atoms with Crippen molar-refractivity contribution in [3.8, 4) is 0 Å². The first-order chi connectivity index (χ1) is 15.2. The first-order valence-corrected chi connectivity index (χ1v) is 13.4. The number of sulfone groups is 1. The van der Waals surface area contributed by atoms with E-state index < -0.39 is 9.84 Å². The number of benzene rings is 2. The SMILES string of the molecule is CCN(CC)CCN(C(=O)c1cccc(S(=O)(=O)CC)c1)c1nc2cc(C)c(C)cc2s1. The number of carbonyl (C=O) groups excluding carboxylic acids is 1. The highest BCUT2D eigenvalue weighted by Gasteiger charge is 2.23. The number of nitrogens with zero attached hydrogens (tertiary/aromatic N) is 3. The standard InChI is InChI=1S/C24H31N3O3S2/c1-6-26(7-2)12-13-27(24-25-21-14-17(4)18(5)15-22(21)31-24)23(28)19-10-9-11-20(16-19)32(29,30)8-3/h9-11,14-16H,6-8,12-13H2,1-5H3. The van der Waals surface area contributed by atoms with Crippen LogP contribution in [-0.2, 0) is 9.84 Å². The van der Waals surface area contributed by atoms with E-state index in [2.05, 4.69) is 38.7 Å². The summed E-state index contributed by atoms with van der Waals surface area (Å²) in [7, 11) is -3.40. The third kappa shape index (κ3) is 5.19. The molecule has 0 atom stereocenters. The summed E-state index contributed by atoms with van der Waals surface area (Å²) in [6, 6.07) is 10.5. The number of amides is 1. The van der Waals surface area contributed by atoms with Crippen molar-refractivity contribution in [3.05, 3.63) is 53.1 Å². The number of likely N-dealkylation sites (N-methyl/N-ethyl adjacent to an activating group) is 1. The number of carbonyl (C=O) groups is 1. The van der Waals surface area contributed by atoms with Crippen molar-refractivity contribution < 1.29 is 13.2 Å². The largest absolute Gasteiger partial charge is 0.302 e. The van der Waals surface area contributed by atoms with Gasteiger partial charge in [0.25, 0.3) is 5.91 Å². The van der Waals surface area contributed by atoms with Gasteiger partial charge in [0.2, 0.25) is 0 Å². The van der Waals surface area contributed by atoms with Gasteiger partial charge in [0, 0.05) is 18.7 Å². The minimum atomic E-state index is -3.40. The van der Waals surface area contributed by atoms with Gasteiger partial charge in [-0.1, -0.05) is 38.2 Å². The number of rotatable bonds is 9. The average Bonchev–Trinajstić information content (AvgIpc) is 3.19. The summed E-state index contributed by atoms with van der Waals surface area (Å²) < 4.78 is 25.7. The summed E-state index contributed by atoms with van der Waals surface area (Å²) >= 11 is 1.49. The van der Waals surface area contributed by atoms with E-state index in [0.29, 0.717) is 23.8 Å². The highest BCUT2D eigenvalue weighted by atomic mass is 32.2. The van der Waals surface area contributed by atoms with Crippen molar-refractivity contribution in [2.24, 2.45) is 0 Å². The smallest absolute Gasteiger partial charge is 0.260 e. The van der Waals surface area contributed by atoms with Crippen molar-refractivity contribution in [1.82, 2.24) is 9.88 Å². The average molecular weight is 474 g/mol. The third-order valence-electron chi connectivity index (χ3n) is 5.82. The lowest BCUT2D eigenvalue weighted by Gasteiger charge is -2.25. The molecule has 0 saturated carbocycles. The van der Waals surface area contributed by atoms with Gasteiger partial charge < -0.3 is 4.90 Å². The van der Waals surface area contributed by atoms with Crippen LogP contribution in [0.4, 0.5) is 5.13 Å². The van der Waals surface area contributed by atoms with E-state index in [4.69, 9.17) is 4.98 Å². The van der Waals surface area contributed by atoms with Crippen molar-refractivity contribution in [2.75, 3.05) is 36.8 Å². The van der Waals surface area contributed by atoms with Gasteiger partial charge in [-0.25, -0.2) is 13.4 Å². The summed E-state index contributed by atoms with van der Waals surface area (Å²) in [4.78, 5) is 22.5. The number of aryl methyl sites for hydroxylation is 2. The van der Waals surface area contributed by atoms with E-state index in [1.165, 1.54) is 23.0 Å². The van der Waals surface area contributed by atoms with E-state index in [0.717, 1.165) is 28.9 Å². The quantitative estimate of drug-likeness (QED) is 0.451. The van der Waals surface area contributed by atoms with Gasteiger partial charge in [-0.15, -0.1) is 0 Å².